The highest BCUT2D eigenvalue weighted by Crippen LogP contribution is 2.30. The molecular weight excluding hydrogens is 418 g/mol. The molecule has 30 heavy (non-hydrogen) atoms. The van der Waals surface area contributed by atoms with Crippen LogP contribution in [0.25, 0.3) is 17.3 Å². The van der Waals surface area contributed by atoms with Crippen LogP contribution in [0, 0.1) is 6.92 Å². The van der Waals surface area contributed by atoms with Crippen molar-refractivity contribution in [3.8, 4) is 17.3 Å². The number of furan rings is 1. The van der Waals surface area contributed by atoms with Gasteiger partial charge in [0.05, 0.1) is 12.0 Å². The zero-order valence-corrected chi connectivity index (χ0v) is 18.5. The van der Waals surface area contributed by atoms with Gasteiger partial charge in [0.15, 0.2) is 10.9 Å². The van der Waals surface area contributed by atoms with Crippen LogP contribution in [-0.4, -0.2) is 31.7 Å². The number of nitrogens with one attached hydrogen (secondary N) is 1. The van der Waals surface area contributed by atoms with Gasteiger partial charge in [0.1, 0.15) is 10.7 Å². The standard InChI is InChI=1S/C21H21N5O2S2/c1-13(2)22-20(27)16-11-29-18(23-16)12-30-21-25-24-19(17-5-4-10-28-17)26(21)15-8-6-14(3)7-9-15/h4-11,13H,12H2,1-3H3,(H,22,27). The summed E-state index contributed by atoms with van der Waals surface area (Å²) >= 11 is 2.98. The van der Waals surface area contributed by atoms with Gasteiger partial charge in [-0.2, -0.15) is 0 Å². The zero-order chi connectivity index (χ0) is 21.1. The van der Waals surface area contributed by atoms with Gasteiger partial charge in [-0.3, -0.25) is 9.36 Å². The molecule has 4 aromatic rings. The molecule has 0 fully saturated rings. The molecule has 0 aliphatic rings. The van der Waals surface area contributed by atoms with E-state index in [0.29, 0.717) is 23.0 Å². The van der Waals surface area contributed by atoms with Gasteiger partial charge in [-0.1, -0.05) is 29.5 Å². The van der Waals surface area contributed by atoms with Gasteiger partial charge in [-0.15, -0.1) is 21.5 Å². The average Bonchev–Trinajstić information content (AvgIpc) is 3.46. The van der Waals surface area contributed by atoms with Crippen molar-refractivity contribution in [3.05, 3.63) is 64.3 Å². The summed E-state index contributed by atoms with van der Waals surface area (Å²) in [5, 5.41) is 15.0. The molecule has 0 radical (unpaired) electrons. The molecule has 0 saturated carbocycles. The van der Waals surface area contributed by atoms with E-state index in [9.17, 15) is 4.79 Å². The predicted molar refractivity (Wildman–Crippen MR) is 118 cm³/mol. The van der Waals surface area contributed by atoms with Gasteiger partial charge in [-0.25, -0.2) is 4.98 Å². The second-order valence-electron chi connectivity index (χ2n) is 7.00. The fourth-order valence-corrected chi connectivity index (χ4v) is 4.54. The van der Waals surface area contributed by atoms with E-state index in [0.717, 1.165) is 15.9 Å². The Bertz CT molecular complexity index is 1130. The minimum atomic E-state index is -0.152. The normalized spacial score (nSPS) is 11.2. The third-order valence-corrected chi connectivity index (χ3v) is 6.17. The number of rotatable bonds is 7. The van der Waals surface area contributed by atoms with E-state index < -0.39 is 0 Å². The largest absolute Gasteiger partial charge is 0.461 e. The molecule has 9 heteroatoms. The first-order valence-electron chi connectivity index (χ1n) is 9.45. The molecular formula is C21H21N5O2S2. The molecule has 154 valence electrons. The van der Waals surface area contributed by atoms with Crippen LogP contribution in [0.15, 0.2) is 57.6 Å². The molecule has 0 unspecified atom stereocenters. The van der Waals surface area contributed by atoms with Gasteiger partial charge in [0.25, 0.3) is 5.91 Å². The second kappa shape index (κ2) is 8.85. The van der Waals surface area contributed by atoms with Crippen molar-refractivity contribution in [2.45, 2.75) is 37.7 Å². The molecule has 1 aromatic carbocycles. The number of thiazole rings is 1. The Morgan fingerprint density at radius 3 is 2.73 bits per heavy atom. The molecule has 0 atom stereocenters. The number of nitrogens with zero attached hydrogens (tertiary/aromatic N) is 4. The Balaban J connectivity index is 1.58. The number of amides is 1. The Labute approximate surface area is 182 Å². The van der Waals surface area contributed by atoms with E-state index in [2.05, 4.69) is 39.6 Å². The summed E-state index contributed by atoms with van der Waals surface area (Å²) < 4.78 is 7.53. The smallest absolute Gasteiger partial charge is 0.270 e. The molecule has 4 rings (SSSR count). The summed E-state index contributed by atoms with van der Waals surface area (Å²) in [5.74, 6) is 1.72. The van der Waals surface area contributed by atoms with Crippen LogP contribution in [0.4, 0.5) is 0 Å². The summed E-state index contributed by atoms with van der Waals surface area (Å²) in [6, 6.07) is 11.9. The second-order valence-corrected chi connectivity index (χ2v) is 8.88. The number of aryl methyl sites for hydroxylation is 1. The third kappa shape index (κ3) is 4.47. The lowest BCUT2D eigenvalue weighted by atomic mass is 10.2. The number of hydrogen-bond donors (Lipinski definition) is 1. The minimum absolute atomic E-state index is 0.0742. The maximum absolute atomic E-state index is 12.1. The molecule has 3 aromatic heterocycles. The Kier molecular flexibility index (Phi) is 6.01. The van der Waals surface area contributed by atoms with Gasteiger partial charge in [0.2, 0.25) is 5.82 Å². The monoisotopic (exact) mass is 439 g/mol. The Hall–Kier alpha value is -2.91. The average molecular weight is 440 g/mol. The lowest BCUT2D eigenvalue weighted by Gasteiger charge is -2.09. The van der Waals surface area contributed by atoms with Crippen molar-refractivity contribution in [1.82, 2.24) is 25.1 Å². The molecule has 3 heterocycles. The van der Waals surface area contributed by atoms with E-state index in [4.69, 9.17) is 4.42 Å². The molecule has 0 spiro atoms. The summed E-state index contributed by atoms with van der Waals surface area (Å²) in [6.07, 6.45) is 1.62. The van der Waals surface area contributed by atoms with E-state index in [1.165, 1.54) is 28.7 Å². The zero-order valence-electron chi connectivity index (χ0n) is 16.8. The number of aromatic nitrogens is 4. The number of benzene rings is 1. The van der Waals surface area contributed by atoms with Crippen LogP contribution in [0.2, 0.25) is 0 Å². The first kappa shape index (κ1) is 20.4. The van der Waals surface area contributed by atoms with E-state index in [-0.39, 0.29) is 11.9 Å². The molecule has 1 N–H and O–H groups in total. The van der Waals surface area contributed by atoms with Gasteiger partial charge < -0.3 is 9.73 Å². The van der Waals surface area contributed by atoms with Crippen molar-refractivity contribution in [2.75, 3.05) is 0 Å². The van der Waals surface area contributed by atoms with Crippen molar-refractivity contribution in [2.24, 2.45) is 0 Å². The van der Waals surface area contributed by atoms with E-state index in [1.807, 2.05) is 42.7 Å². The SMILES string of the molecule is Cc1ccc(-n2c(SCc3nc(C(=O)NC(C)C)cs3)nnc2-c2ccco2)cc1. The van der Waals surface area contributed by atoms with E-state index >= 15 is 0 Å². The first-order chi connectivity index (χ1) is 14.5. The molecule has 1 amide bonds. The van der Waals surface area contributed by atoms with E-state index in [1.54, 1.807) is 11.6 Å². The molecule has 0 aliphatic carbocycles. The highest BCUT2D eigenvalue weighted by atomic mass is 32.2. The molecule has 0 aliphatic heterocycles. The van der Waals surface area contributed by atoms with Gasteiger partial charge in [-0.05, 0) is 45.0 Å². The molecule has 0 saturated heterocycles. The highest BCUT2D eigenvalue weighted by Gasteiger charge is 2.19. The lowest BCUT2D eigenvalue weighted by Crippen LogP contribution is -2.30. The molecule has 7 nitrogen and oxygen atoms in total. The number of thioether (sulfide) groups is 1. The quantitative estimate of drug-likeness (QED) is 0.419. The van der Waals surface area contributed by atoms with Crippen molar-refractivity contribution in [3.63, 3.8) is 0 Å². The Morgan fingerprint density at radius 2 is 2.03 bits per heavy atom. The minimum Gasteiger partial charge on any atom is -0.461 e. The number of carbonyl (C=O) groups excluding carboxylic acids is 1. The van der Waals surface area contributed by atoms with Crippen LogP contribution >= 0.6 is 23.1 Å². The van der Waals surface area contributed by atoms with Crippen LogP contribution in [0.3, 0.4) is 0 Å². The van der Waals surface area contributed by atoms with Crippen LogP contribution < -0.4 is 5.32 Å². The highest BCUT2D eigenvalue weighted by molar-refractivity contribution is 7.98. The third-order valence-electron chi connectivity index (χ3n) is 4.20. The van der Waals surface area contributed by atoms with Crippen molar-refractivity contribution < 1.29 is 9.21 Å². The molecule has 0 bridgehead atoms. The van der Waals surface area contributed by atoms with Crippen LogP contribution in [-0.2, 0) is 5.75 Å². The van der Waals surface area contributed by atoms with Crippen LogP contribution in [0.1, 0.15) is 34.9 Å². The summed E-state index contributed by atoms with van der Waals surface area (Å²) in [6.45, 7) is 5.90. The topological polar surface area (TPSA) is 85.8 Å². The summed E-state index contributed by atoms with van der Waals surface area (Å²) in [4.78, 5) is 16.6. The predicted octanol–water partition coefficient (Wildman–Crippen LogP) is 4.72. The number of carbonyl (C=O) groups is 1. The summed E-state index contributed by atoms with van der Waals surface area (Å²) in [7, 11) is 0. The Morgan fingerprint density at radius 1 is 1.23 bits per heavy atom. The fourth-order valence-electron chi connectivity index (χ4n) is 2.80. The number of hydrogen-bond acceptors (Lipinski definition) is 7. The fraction of sp³-hybridized carbons (Fsp3) is 0.238. The van der Waals surface area contributed by atoms with Crippen molar-refractivity contribution in [1.29, 1.82) is 0 Å². The van der Waals surface area contributed by atoms with Gasteiger partial charge in [0, 0.05) is 17.1 Å². The maximum Gasteiger partial charge on any atom is 0.270 e. The summed E-state index contributed by atoms with van der Waals surface area (Å²) in [5.41, 5.74) is 2.58. The van der Waals surface area contributed by atoms with Crippen molar-refractivity contribution >= 4 is 29.0 Å². The van der Waals surface area contributed by atoms with Gasteiger partial charge >= 0.3 is 0 Å². The maximum atomic E-state index is 12.1. The van der Waals surface area contributed by atoms with Crippen LogP contribution in [0.5, 0.6) is 0 Å². The lowest BCUT2D eigenvalue weighted by molar-refractivity contribution is 0.0938. The first-order valence-corrected chi connectivity index (χ1v) is 11.3.